The van der Waals surface area contributed by atoms with Crippen LogP contribution in [0.3, 0.4) is 0 Å². The van der Waals surface area contributed by atoms with Gasteiger partial charge in [-0.25, -0.2) is 9.18 Å². The number of carbonyl (C=O) groups is 2. The number of amides is 1. The molecule has 1 fully saturated rings. The number of carboxylic acid groups (broad SMARTS) is 1. The summed E-state index contributed by atoms with van der Waals surface area (Å²) in [7, 11) is 0. The van der Waals surface area contributed by atoms with E-state index in [4.69, 9.17) is 21.4 Å². The van der Waals surface area contributed by atoms with Crippen molar-refractivity contribution in [2.24, 2.45) is 0 Å². The average molecular weight is 288 g/mol. The van der Waals surface area contributed by atoms with Gasteiger partial charge in [-0.1, -0.05) is 17.7 Å². The SMILES string of the molecule is O=C(O)C1CN(C(=O)c2cccc(Cl)c2F)CCO1. The van der Waals surface area contributed by atoms with Crippen molar-refractivity contribution >= 4 is 23.5 Å². The fourth-order valence-corrected chi connectivity index (χ4v) is 2.00. The molecule has 0 spiro atoms. The molecule has 1 saturated heterocycles. The van der Waals surface area contributed by atoms with Crippen molar-refractivity contribution in [2.75, 3.05) is 19.7 Å². The third-order valence-electron chi connectivity index (χ3n) is 2.81. The van der Waals surface area contributed by atoms with E-state index in [9.17, 15) is 14.0 Å². The fraction of sp³-hybridized carbons (Fsp3) is 0.333. The Morgan fingerprint density at radius 1 is 1.47 bits per heavy atom. The normalized spacial score (nSPS) is 19.3. The molecule has 0 saturated carbocycles. The second-order valence-electron chi connectivity index (χ2n) is 4.05. The Hall–Kier alpha value is -1.66. The van der Waals surface area contributed by atoms with Crippen LogP contribution in [-0.2, 0) is 9.53 Å². The maximum atomic E-state index is 13.7. The van der Waals surface area contributed by atoms with E-state index in [0.717, 1.165) is 0 Å². The number of nitrogens with zero attached hydrogens (tertiary/aromatic N) is 1. The van der Waals surface area contributed by atoms with Crippen LogP contribution >= 0.6 is 11.6 Å². The summed E-state index contributed by atoms with van der Waals surface area (Å²) in [5, 5.41) is 8.70. The first-order chi connectivity index (χ1) is 9.00. The zero-order chi connectivity index (χ0) is 14.0. The molecule has 1 unspecified atom stereocenters. The second kappa shape index (κ2) is 5.54. The summed E-state index contributed by atoms with van der Waals surface area (Å²) in [5.41, 5.74) is -0.168. The van der Waals surface area contributed by atoms with Gasteiger partial charge in [0.1, 0.15) is 0 Å². The summed E-state index contributed by atoms with van der Waals surface area (Å²) in [6.07, 6.45) is -1.08. The first-order valence-electron chi connectivity index (χ1n) is 5.58. The molecule has 1 aliphatic heterocycles. The van der Waals surface area contributed by atoms with Crippen molar-refractivity contribution < 1.29 is 23.8 Å². The van der Waals surface area contributed by atoms with Crippen molar-refractivity contribution in [1.82, 2.24) is 4.90 Å². The molecule has 2 rings (SSSR count). The number of carboxylic acids is 1. The van der Waals surface area contributed by atoms with Gasteiger partial charge in [0.25, 0.3) is 5.91 Å². The van der Waals surface area contributed by atoms with Crippen LogP contribution in [0.15, 0.2) is 18.2 Å². The Labute approximate surface area is 113 Å². The van der Waals surface area contributed by atoms with Crippen molar-refractivity contribution in [1.29, 1.82) is 0 Å². The zero-order valence-corrected chi connectivity index (χ0v) is 10.6. The van der Waals surface area contributed by atoms with E-state index in [1.807, 2.05) is 0 Å². The number of carbonyl (C=O) groups excluding carboxylic acids is 1. The molecule has 102 valence electrons. The third kappa shape index (κ3) is 2.85. The largest absolute Gasteiger partial charge is 0.479 e. The predicted octanol–water partition coefficient (Wildman–Crippen LogP) is 1.40. The van der Waals surface area contributed by atoms with Gasteiger partial charge in [0.2, 0.25) is 0 Å². The van der Waals surface area contributed by atoms with Crippen LogP contribution in [0.2, 0.25) is 5.02 Å². The van der Waals surface area contributed by atoms with Crippen LogP contribution in [0, 0.1) is 5.82 Å². The summed E-state index contributed by atoms with van der Waals surface area (Å²) in [5.74, 6) is -2.54. The Kier molecular flexibility index (Phi) is 4.01. The van der Waals surface area contributed by atoms with E-state index in [1.54, 1.807) is 0 Å². The van der Waals surface area contributed by atoms with Crippen LogP contribution in [-0.4, -0.2) is 47.7 Å². The number of halogens is 2. The van der Waals surface area contributed by atoms with Gasteiger partial charge in [-0.15, -0.1) is 0 Å². The van der Waals surface area contributed by atoms with Gasteiger partial charge in [-0.2, -0.15) is 0 Å². The molecular weight excluding hydrogens is 277 g/mol. The lowest BCUT2D eigenvalue weighted by molar-refractivity contribution is -0.154. The molecular formula is C12H11ClFNO4. The number of morpholine rings is 1. The lowest BCUT2D eigenvalue weighted by atomic mass is 10.1. The molecule has 0 radical (unpaired) electrons. The van der Waals surface area contributed by atoms with Crippen LogP contribution in [0.25, 0.3) is 0 Å². The Bertz CT molecular complexity index is 522. The van der Waals surface area contributed by atoms with Crippen molar-refractivity contribution in [2.45, 2.75) is 6.10 Å². The maximum Gasteiger partial charge on any atom is 0.334 e. The monoisotopic (exact) mass is 287 g/mol. The number of rotatable bonds is 2. The van der Waals surface area contributed by atoms with Crippen molar-refractivity contribution in [3.8, 4) is 0 Å². The number of benzene rings is 1. The molecule has 1 aromatic rings. The van der Waals surface area contributed by atoms with Gasteiger partial charge in [-0.3, -0.25) is 4.79 Å². The topological polar surface area (TPSA) is 66.8 Å². The van der Waals surface area contributed by atoms with Crippen LogP contribution in [0.5, 0.6) is 0 Å². The smallest absolute Gasteiger partial charge is 0.334 e. The minimum Gasteiger partial charge on any atom is -0.479 e. The minimum atomic E-state index is -1.15. The predicted molar refractivity (Wildman–Crippen MR) is 64.7 cm³/mol. The average Bonchev–Trinajstić information content (AvgIpc) is 2.41. The molecule has 19 heavy (non-hydrogen) atoms. The van der Waals surface area contributed by atoms with Gasteiger partial charge in [0, 0.05) is 6.54 Å². The van der Waals surface area contributed by atoms with Gasteiger partial charge < -0.3 is 14.7 Å². The summed E-state index contributed by atoms with van der Waals surface area (Å²) >= 11 is 5.61. The third-order valence-corrected chi connectivity index (χ3v) is 3.10. The molecule has 5 nitrogen and oxygen atoms in total. The molecule has 1 aliphatic rings. The van der Waals surface area contributed by atoms with E-state index < -0.39 is 23.8 Å². The quantitative estimate of drug-likeness (QED) is 0.893. The van der Waals surface area contributed by atoms with Gasteiger partial charge in [0.15, 0.2) is 11.9 Å². The Morgan fingerprint density at radius 2 is 2.21 bits per heavy atom. The van der Waals surface area contributed by atoms with E-state index in [-0.39, 0.29) is 30.3 Å². The van der Waals surface area contributed by atoms with Crippen LogP contribution in [0.1, 0.15) is 10.4 Å². The van der Waals surface area contributed by atoms with Crippen molar-refractivity contribution in [3.63, 3.8) is 0 Å². The van der Waals surface area contributed by atoms with Crippen LogP contribution in [0.4, 0.5) is 4.39 Å². The number of aliphatic carboxylic acids is 1. The molecule has 0 aliphatic carbocycles. The van der Waals surface area contributed by atoms with E-state index >= 15 is 0 Å². The highest BCUT2D eigenvalue weighted by Crippen LogP contribution is 2.20. The fourth-order valence-electron chi connectivity index (χ4n) is 1.82. The molecule has 1 N–H and O–H groups in total. The lowest BCUT2D eigenvalue weighted by Gasteiger charge is -2.31. The molecule has 7 heteroatoms. The number of hydrogen-bond donors (Lipinski definition) is 1. The van der Waals surface area contributed by atoms with E-state index in [2.05, 4.69) is 0 Å². The molecule has 1 heterocycles. The summed E-state index contributed by atoms with van der Waals surface area (Å²) in [6, 6.07) is 4.12. The first kappa shape index (κ1) is 13.8. The molecule has 1 amide bonds. The number of hydrogen-bond acceptors (Lipinski definition) is 3. The standard InChI is InChI=1S/C12H11ClFNO4/c13-8-3-1-2-7(10(8)14)11(16)15-4-5-19-9(6-15)12(17)18/h1-3,9H,4-6H2,(H,17,18). The number of ether oxygens (including phenoxy) is 1. The molecule has 1 aromatic carbocycles. The second-order valence-corrected chi connectivity index (χ2v) is 4.46. The maximum absolute atomic E-state index is 13.7. The van der Waals surface area contributed by atoms with Gasteiger partial charge >= 0.3 is 5.97 Å². The first-order valence-corrected chi connectivity index (χ1v) is 5.96. The van der Waals surface area contributed by atoms with E-state index in [0.29, 0.717) is 0 Å². The van der Waals surface area contributed by atoms with Gasteiger partial charge in [0.05, 0.1) is 23.7 Å². The van der Waals surface area contributed by atoms with Crippen LogP contribution < -0.4 is 0 Å². The highest BCUT2D eigenvalue weighted by atomic mass is 35.5. The lowest BCUT2D eigenvalue weighted by Crippen LogP contribution is -2.48. The highest BCUT2D eigenvalue weighted by Gasteiger charge is 2.30. The van der Waals surface area contributed by atoms with E-state index in [1.165, 1.54) is 23.1 Å². The molecule has 1 atom stereocenters. The highest BCUT2D eigenvalue weighted by molar-refractivity contribution is 6.31. The summed E-state index contributed by atoms with van der Waals surface area (Å²) < 4.78 is 18.7. The summed E-state index contributed by atoms with van der Waals surface area (Å²) in [4.78, 5) is 24.2. The molecule has 0 aromatic heterocycles. The molecule has 0 bridgehead atoms. The Morgan fingerprint density at radius 3 is 2.89 bits per heavy atom. The summed E-state index contributed by atoms with van der Waals surface area (Å²) in [6.45, 7) is 0.208. The zero-order valence-electron chi connectivity index (χ0n) is 9.81. The Balaban J connectivity index is 2.19. The van der Waals surface area contributed by atoms with Gasteiger partial charge in [-0.05, 0) is 12.1 Å². The van der Waals surface area contributed by atoms with Crippen molar-refractivity contribution in [3.05, 3.63) is 34.6 Å². The minimum absolute atomic E-state index is 0.102.